The van der Waals surface area contributed by atoms with Gasteiger partial charge in [0.1, 0.15) is 11.9 Å². The fraction of sp³-hybridized carbons (Fsp3) is 0.250. The van der Waals surface area contributed by atoms with Crippen molar-refractivity contribution in [3.05, 3.63) is 35.8 Å². The average Bonchev–Trinajstić information content (AvgIpc) is 2.64. The summed E-state index contributed by atoms with van der Waals surface area (Å²) in [4.78, 5) is 11.4. The van der Waals surface area contributed by atoms with Gasteiger partial charge in [0.25, 0.3) is 0 Å². The maximum atomic E-state index is 13.1. The van der Waals surface area contributed by atoms with E-state index in [0.717, 1.165) is 5.52 Å². The van der Waals surface area contributed by atoms with E-state index < -0.39 is 12.0 Å². The Morgan fingerprint density at radius 1 is 1.47 bits per heavy atom. The number of hydrogen-bond acceptors (Lipinski definition) is 3. The number of aromatic nitrogens is 1. The number of esters is 1. The summed E-state index contributed by atoms with van der Waals surface area (Å²) in [5.74, 6) is -0.835. The van der Waals surface area contributed by atoms with Crippen molar-refractivity contribution >= 4 is 16.9 Å². The van der Waals surface area contributed by atoms with Crippen LogP contribution in [0, 0.1) is 5.82 Å². The number of nitrogens with zero attached hydrogens (tertiary/aromatic N) is 1. The Morgan fingerprint density at radius 3 is 2.82 bits per heavy atom. The van der Waals surface area contributed by atoms with Gasteiger partial charge in [-0.15, -0.1) is 0 Å². The molecule has 0 aliphatic heterocycles. The molecule has 0 aliphatic rings. The molecule has 0 fully saturated rings. The smallest absolute Gasteiger partial charge is 0.328 e. The summed E-state index contributed by atoms with van der Waals surface area (Å²) in [5, 5.41) is 0.710. The van der Waals surface area contributed by atoms with Gasteiger partial charge in [-0.1, -0.05) is 0 Å². The van der Waals surface area contributed by atoms with Crippen LogP contribution >= 0.6 is 0 Å². The highest BCUT2D eigenvalue weighted by Crippen LogP contribution is 2.23. The first-order valence-corrected chi connectivity index (χ1v) is 5.13. The number of aryl methyl sites for hydroxylation is 1. The van der Waals surface area contributed by atoms with Gasteiger partial charge < -0.3 is 15.0 Å². The van der Waals surface area contributed by atoms with Crippen molar-refractivity contribution in [3.8, 4) is 0 Å². The molecule has 0 saturated carbocycles. The molecule has 0 spiro atoms. The zero-order chi connectivity index (χ0) is 12.6. The second kappa shape index (κ2) is 4.18. The Labute approximate surface area is 97.8 Å². The number of methoxy groups -OCH3 is 1. The standard InChI is InChI=1S/C12H13FN2O2/c1-15-9-4-3-8(13)5-7(9)6-10(15)11(14)12(16)17-2/h3-6,11H,14H2,1-2H3. The van der Waals surface area contributed by atoms with Crippen molar-refractivity contribution in [3.63, 3.8) is 0 Å². The number of hydrogen-bond donors (Lipinski definition) is 1. The fourth-order valence-electron chi connectivity index (χ4n) is 1.89. The second-order valence-electron chi connectivity index (χ2n) is 3.83. The third-order valence-corrected chi connectivity index (χ3v) is 2.82. The van der Waals surface area contributed by atoms with Crippen LogP contribution in [0.3, 0.4) is 0 Å². The summed E-state index contributed by atoms with van der Waals surface area (Å²) in [5.41, 5.74) is 7.18. The van der Waals surface area contributed by atoms with E-state index in [1.807, 2.05) is 0 Å². The molecule has 0 radical (unpaired) electrons. The number of carbonyl (C=O) groups is 1. The van der Waals surface area contributed by atoms with Crippen LogP contribution in [0.25, 0.3) is 10.9 Å². The summed E-state index contributed by atoms with van der Waals surface area (Å²) in [6, 6.07) is 5.26. The number of ether oxygens (including phenoxy) is 1. The predicted octanol–water partition coefficient (Wildman–Crippen LogP) is 1.49. The third kappa shape index (κ3) is 1.89. The van der Waals surface area contributed by atoms with Gasteiger partial charge in [-0.05, 0) is 24.3 Å². The van der Waals surface area contributed by atoms with Gasteiger partial charge in [-0.3, -0.25) is 0 Å². The average molecular weight is 236 g/mol. The maximum absolute atomic E-state index is 13.1. The van der Waals surface area contributed by atoms with Crippen LogP contribution in [0.1, 0.15) is 11.7 Å². The highest BCUT2D eigenvalue weighted by molar-refractivity contribution is 5.85. The largest absolute Gasteiger partial charge is 0.468 e. The van der Waals surface area contributed by atoms with Crippen molar-refractivity contribution in [1.29, 1.82) is 0 Å². The van der Waals surface area contributed by atoms with Crippen LogP contribution in [0.5, 0.6) is 0 Å². The Bertz CT molecular complexity index is 577. The van der Waals surface area contributed by atoms with Gasteiger partial charge in [0, 0.05) is 23.6 Å². The lowest BCUT2D eigenvalue weighted by Crippen LogP contribution is -2.24. The molecule has 0 amide bonds. The minimum absolute atomic E-state index is 0.318. The molecule has 1 aromatic heterocycles. The molecule has 2 rings (SSSR count). The number of benzene rings is 1. The molecule has 0 bridgehead atoms. The number of carbonyl (C=O) groups excluding carboxylic acids is 1. The highest BCUT2D eigenvalue weighted by Gasteiger charge is 2.20. The normalized spacial score (nSPS) is 12.7. The van der Waals surface area contributed by atoms with E-state index >= 15 is 0 Å². The molecule has 2 aromatic rings. The zero-order valence-electron chi connectivity index (χ0n) is 9.61. The molecule has 17 heavy (non-hydrogen) atoms. The molecule has 90 valence electrons. The van der Waals surface area contributed by atoms with E-state index in [0.29, 0.717) is 11.1 Å². The van der Waals surface area contributed by atoms with Gasteiger partial charge in [-0.25, -0.2) is 9.18 Å². The minimum Gasteiger partial charge on any atom is -0.468 e. The van der Waals surface area contributed by atoms with Crippen molar-refractivity contribution in [1.82, 2.24) is 4.57 Å². The molecule has 1 unspecified atom stereocenters. The molecule has 2 N–H and O–H groups in total. The van der Waals surface area contributed by atoms with Crippen molar-refractivity contribution < 1.29 is 13.9 Å². The first kappa shape index (κ1) is 11.6. The van der Waals surface area contributed by atoms with Crippen molar-refractivity contribution in [2.24, 2.45) is 12.8 Å². The first-order chi connectivity index (χ1) is 8.04. The van der Waals surface area contributed by atoms with Crippen LogP contribution in [0.4, 0.5) is 4.39 Å². The van der Waals surface area contributed by atoms with Gasteiger partial charge >= 0.3 is 5.97 Å². The molecule has 5 heteroatoms. The Kier molecular flexibility index (Phi) is 2.85. The van der Waals surface area contributed by atoms with E-state index in [-0.39, 0.29) is 5.82 Å². The SMILES string of the molecule is COC(=O)C(N)c1cc2cc(F)ccc2n1C. The van der Waals surface area contributed by atoms with Crippen LogP contribution in [-0.2, 0) is 16.6 Å². The summed E-state index contributed by atoms with van der Waals surface area (Å²) in [6.07, 6.45) is 0. The Morgan fingerprint density at radius 2 is 2.18 bits per heavy atom. The maximum Gasteiger partial charge on any atom is 0.328 e. The molecule has 0 saturated heterocycles. The molecule has 1 heterocycles. The molecule has 4 nitrogen and oxygen atoms in total. The summed E-state index contributed by atoms with van der Waals surface area (Å²) < 4.78 is 19.4. The Hall–Kier alpha value is -1.88. The quantitative estimate of drug-likeness (QED) is 0.804. The Balaban J connectivity index is 2.55. The van der Waals surface area contributed by atoms with Crippen molar-refractivity contribution in [2.45, 2.75) is 6.04 Å². The summed E-state index contributed by atoms with van der Waals surface area (Å²) in [7, 11) is 3.06. The number of fused-ring (bicyclic) bond motifs is 1. The fourth-order valence-corrected chi connectivity index (χ4v) is 1.89. The summed E-state index contributed by atoms with van der Waals surface area (Å²) >= 11 is 0. The minimum atomic E-state index is -0.861. The van der Waals surface area contributed by atoms with Gasteiger partial charge in [0.05, 0.1) is 7.11 Å². The molecular formula is C12H13FN2O2. The topological polar surface area (TPSA) is 57.2 Å². The molecule has 0 aliphatic carbocycles. The highest BCUT2D eigenvalue weighted by atomic mass is 19.1. The van der Waals surface area contributed by atoms with E-state index in [1.54, 1.807) is 23.7 Å². The lowest BCUT2D eigenvalue weighted by molar-refractivity contribution is -0.142. The van der Waals surface area contributed by atoms with Gasteiger partial charge in [0.2, 0.25) is 0 Å². The van der Waals surface area contributed by atoms with Crippen LogP contribution in [0.15, 0.2) is 24.3 Å². The van der Waals surface area contributed by atoms with E-state index in [2.05, 4.69) is 4.74 Å². The van der Waals surface area contributed by atoms with Crippen LogP contribution in [0.2, 0.25) is 0 Å². The number of halogens is 1. The van der Waals surface area contributed by atoms with Crippen LogP contribution in [-0.4, -0.2) is 17.6 Å². The monoisotopic (exact) mass is 236 g/mol. The van der Waals surface area contributed by atoms with E-state index in [9.17, 15) is 9.18 Å². The first-order valence-electron chi connectivity index (χ1n) is 5.13. The lowest BCUT2D eigenvalue weighted by atomic mass is 10.2. The number of nitrogens with two attached hydrogens (primary N) is 1. The molecule has 1 aromatic carbocycles. The second-order valence-corrected chi connectivity index (χ2v) is 3.83. The van der Waals surface area contributed by atoms with Crippen LogP contribution < -0.4 is 5.73 Å². The lowest BCUT2D eigenvalue weighted by Gasteiger charge is -2.10. The third-order valence-electron chi connectivity index (χ3n) is 2.82. The predicted molar refractivity (Wildman–Crippen MR) is 61.8 cm³/mol. The molecular weight excluding hydrogens is 223 g/mol. The number of rotatable bonds is 2. The molecule has 1 atom stereocenters. The summed E-state index contributed by atoms with van der Waals surface area (Å²) in [6.45, 7) is 0. The van der Waals surface area contributed by atoms with Crippen molar-refractivity contribution in [2.75, 3.05) is 7.11 Å². The van der Waals surface area contributed by atoms with E-state index in [4.69, 9.17) is 5.73 Å². The van der Waals surface area contributed by atoms with E-state index in [1.165, 1.54) is 19.2 Å². The van der Waals surface area contributed by atoms with Gasteiger partial charge in [-0.2, -0.15) is 0 Å². The zero-order valence-corrected chi connectivity index (χ0v) is 9.61. The van der Waals surface area contributed by atoms with Gasteiger partial charge in [0.15, 0.2) is 0 Å².